The van der Waals surface area contributed by atoms with Crippen LogP contribution in [-0.2, 0) is 0 Å². The van der Waals surface area contributed by atoms with Crippen LogP contribution in [0.3, 0.4) is 0 Å². The van der Waals surface area contributed by atoms with E-state index in [1.54, 1.807) is 0 Å². The zero-order chi connectivity index (χ0) is 9.68. The fourth-order valence-corrected chi connectivity index (χ4v) is 0.710. The lowest BCUT2D eigenvalue weighted by Crippen LogP contribution is -2.02. The summed E-state index contributed by atoms with van der Waals surface area (Å²) in [7, 11) is 0. The van der Waals surface area contributed by atoms with E-state index in [1.165, 1.54) is 18.3 Å². The number of hydrazone groups is 1. The lowest BCUT2D eigenvalue weighted by molar-refractivity contribution is -0.402. The summed E-state index contributed by atoms with van der Waals surface area (Å²) in [5, 5.41) is 13.9. The molecule has 1 rings (SSSR count). The van der Waals surface area contributed by atoms with Crippen molar-refractivity contribution >= 4 is 12.1 Å². The number of nitrogens with one attached hydrogen (secondary N) is 1. The second kappa shape index (κ2) is 4.24. The number of nitro groups is 1. The van der Waals surface area contributed by atoms with Gasteiger partial charge in [0.1, 0.15) is 4.92 Å². The van der Waals surface area contributed by atoms with Crippen LogP contribution >= 0.6 is 0 Å². The molecule has 0 aliphatic rings. The Kier molecular flexibility index (Phi) is 3.02. The first-order chi connectivity index (χ1) is 6.24. The molecule has 0 bridgehead atoms. The van der Waals surface area contributed by atoms with Gasteiger partial charge in [-0.25, -0.2) is 0 Å². The summed E-state index contributed by atoms with van der Waals surface area (Å²) >= 11 is 0. The highest BCUT2D eigenvalue weighted by atomic mass is 16.6. The Balaban J connectivity index is 2.64. The first kappa shape index (κ1) is 9.24. The molecule has 1 aromatic heterocycles. The fraction of sp³-hybridized carbons (Fsp3) is 0.286. The smallest absolute Gasteiger partial charge is 0.400 e. The molecule has 0 aromatic carbocycles. The number of rotatable bonds is 4. The monoisotopic (exact) mass is 183 g/mol. The standard InChI is InChI=1S/C7H9N3O3/c1-2-8-9-5-6-3-4-7(13-6)10(11)12/h3-5,8H,2H2,1H3. The van der Waals surface area contributed by atoms with Gasteiger partial charge in [-0.2, -0.15) is 5.10 Å². The molecule has 1 N–H and O–H groups in total. The van der Waals surface area contributed by atoms with E-state index in [0.717, 1.165) is 0 Å². The summed E-state index contributed by atoms with van der Waals surface area (Å²) in [6.45, 7) is 2.58. The molecule has 6 heteroatoms. The van der Waals surface area contributed by atoms with Crippen LogP contribution in [0.4, 0.5) is 5.88 Å². The van der Waals surface area contributed by atoms with E-state index in [-0.39, 0.29) is 5.88 Å². The van der Waals surface area contributed by atoms with E-state index < -0.39 is 4.92 Å². The van der Waals surface area contributed by atoms with E-state index in [4.69, 9.17) is 4.42 Å². The van der Waals surface area contributed by atoms with Crippen molar-refractivity contribution in [2.75, 3.05) is 6.54 Å². The molecule has 0 aliphatic heterocycles. The molecule has 13 heavy (non-hydrogen) atoms. The normalized spacial score (nSPS) is 10.5. The van der Waals surface area contributed by atoms with Gasteiger partial charge in [0, 0.05) is 6.54 Å². The summed E-state index contributed by atoms with van der Waals surface area (Å²) in [5.41, 5.74) is 2.67. The number of furan rings is 1. The average molecular weight is 183 g/mol. The molecule has 6 nitrogen and oxygen atoms in total. The van der Waals surface area contributed by atoms with Gasteiger partial charge in [0.2, 0.25) is 0 Å². The Hall–Kier alpha value is -1.85. The van der Waals surface area contributed by atoms with Crippen molar-refractivity contribution in [2.24, 2.45) is 5.10 Å². The van der Waals surface area contributed by atoms with Crippen molar-refractivity contribution in [1.29, 1.82) is 0 Å². The van der Waals surface area contributed by atoms with Crippen molar-refractivity contribution in [3.63, 3.8) is 0 Å². The van der Waals surface area contributed by atoms with E-state index in [2.05, 4.69) is 10.5 Å². The Morgan fingerprint density at radius 3 is 3.08 bits per heavy atom. The molecule has 70 valence electrons. The van der Waals surface area contributed by atoms with Crippen molar-refractivity contribution in [3.05, 3.63) is 28.0 Å². The Bertz CT molecular complexity index is 319. The van der Waals surface area contributed by atoms with Crippen LogP contribution in [0.25, 0.3) is 0 Å². The Morgan fingerprint density at radius 1 is 1.77 bits per heavy atom. The van der Waals surface area contributed by atoms with Gasteiger partial charge in [-0.1, -0.05) is 0 Å². The maximum absolute atomic E-state index is 10.2. The number of hydrogen-bond acceptors (Lipinski definition) is 5. The fourth-order valence-electron chi connectivity index (χ4n) is 0.710. The lowest BCUT2D eigenvalue weighted by atomic mass is 10.5. The predicted octanol–water partition coefficient (Wildman–Crippen LogP) is 1.13. The Labute approximate surface area is 74.4 Å². The van der Waals surface area contributed by atoms with Gasteiger partial charge in [-0.15, -0.1) is 0 Å². The third-order valence-electron chi connectivity index (χ3n) is 1.23. The topological polar surface area (TPSA) is 80.7 Å². The molecule has 0 radical (unpaired) electrons. The van der Waals surface area contributed by atoms with E-state index in [0.29, 0.717) is 12.3 Å². The van der Waals surface area contributed by atoms with Gasteiger partial charge in [0.05, 0.1) is 12.3 Å². The van der Waals surface area contributed by atoms with Crippen LogP contribution < -0.4 is 5.43 Å². The predicted molar refractivity (Wildman–Crippen MR) is 46.6 cm³/mol. The van der Waals surface area contributed by atoms with Gasteiger partial charge in [0.25, 0.3) is 0 Å². The minimum absolute atomic E-state index is 0.280. The molecular weight excluding hydrogens is 174 g/mol. The minimum Gasteiger partial charge on any atom is -0.400 e. The summed E-state index contributed by atoms with van der Waals surface area (Å²) in [5.74, 6) is 0.0746. The van der Waals surface area contributed by atoms with Crippen molar-refractivity contribution in [1.82, 2.24) is 5.43 Å². The van der Waals surface area contributed by atoms with E-state index in [9.17, 15) is 10.1 Å². The highest BCUT2D eigenvalue weighted by Gasteiger charge is 2.09. The third-order valence-corrected chi connectivity index (χ3v) is 1.23. The minimum atomic E-state index is -0.593. The number of nitrogens with zero attached hydrogens (tertiary/aromatic N) is 2. The van der Waals surface area contributed by atoms with Gasteiger partial charge >= 0.3 is 5.88 Å². The highest BCUT2D eigenvalue weighted by molar-refractivity contribution is 5.75. The molecule has 0 unspecified atom stereocenters. The zero-order valence-corrected chi connectivity index (χ0v) is 7.06. The maximum atomic E-state index is 10.2. The van der Waals surface area contributed by atoms with Crippen LogP contribution in [0.1, 0.15) is 12.7 Å². The molecule has 0 saturated heterocycles. The van der Waals surface area contributed by atoms with E-state index >= 15 is 0 Å². The molecule has 0 saturated carbocycles. The molecule has 0 fully saturated rings. The summed E-state index contributed by atoms with van der Waals surface area (Å²) in [6, 6.07) is 2.77. The van der Waals surface area contributed by atoms with Crippen LogP contribution in [0.5, 0.6) is 0 Å². The third kappa shape index (κ3) is 2.58. The molecular formula is C7H9N3O3. The molecule has 1 heterocycles. The average Bonchev–Trinajstić information content (AvgIpc) is 2.53. The van der Waals surface area contributed by atoms with Crippen molar-refractivity contribution in [3.8, 4) is 0 Å². The number of hydrogen-bond donors (Lipinski definition) is 1. The zero-order valence-electron chi connectivity index (χ0n) is 7.06. The second-order valence-electron chi connectivity index (χ2n) is 2.20. The summed E-state index contributed by atoms with van der Waals surface area (Å²) in [6.07, 6.45) is 1.39. The van der Waals surface area contributed by atoms with Crippen molar-refractivity contribution < 1.29 is 9.34 Å². The Morgan fingerprint density at radius 2 is 2.54 bits per heavy atom. The lowest BCUT2D eigenvalue weighted by Gasteiger charge is -1.88. The van der Waals surface area contributed by atoms with Gasteiger partial charge in [-0.05, 0) is 13.0 Å². The summed E-state index contributed by atoms with van der Waals surface area (Å²) < 4.78 is 4.80. The quantitative estimate of drug-likeness (QED) is 0.431. The molecule has 0 spiro atoms. The highest BCUT2D eigenvalue weighted by Crippen LogP contribution is 2.13. The van der Waals surface area contributed by atoms with Crippen LogP contribution in [0.15, 0.2) is 21.7 Å². The molecule has 0 atom stereocenters. The van der Waals surface area contributed by atoms with Crippen LogP contribution in [0, 0.1) is 10.1 Å². The largest absolute Gasteiger partial charge is 0.433 e. The maximum Gasteiger partial charge on any atom is 0.433 e. The van der Waals surface area contributed by atoms with Gasteiger partial charge in [0.15, 0.2) is 5.76 Å². The summed E-state index contributed by atoms with van der Waals surface area (Å²) in [4.78, 5) is 9.60. The first-order valence-corrected chi connectivity index (χ1v) is 3.74. The molecule has 0 amide bonds. The van der Waals surface area contributed by atoms with Gasteiger partial charge in [-0.3, -0.25) is 10.1 Å². The molecule has 1 aromatic rings. The second-order valence-corrected chi connectivity index (χ2v) is 2.20. The van der Waals surface area contributed by atoms with Crippen LogP contribution in [-0.4, -0.2) is 17.7 Å². The first-order valence-electron chi connectivity index (χ1n) is 3.74. The molecule has 0 aliphatic carbocycles. The van der Waals surface area contributed by atoms with Gasteiger partial charge < -0.3 is 9.84 Å². The van der Waals surface area contributed by atoms with Crippen molar-refractivity contribution in [2.45, 2.75) is 6.92 Å². The van der Waals surface area contributed by atoms with E-state index in [1.807, 2.05) is 6.92 Å². The SMILES string of the molecule is CCNN=Cc1ccc([N+](=O)[O-])o1. The van der Waals surface area contributed by atoms with Crippen LogP contribution in [0.2, 0.25) is 0 Å².